The molecule has 1 heterocycles. The minimum atomic E-state index is -4.53. The number of ether oxygens (including phenoxy) is 2. The van der Waals surface area contributed by atoms with Crippen LogP contribution in [0.4, 0.5) is 13.2 Å². The topological polar surface area (TPSA) is 79.5 Å². The molecule has 1 aromatic heterocycles. The zero-order chi connectivity index (χ0) is 26.7. The maximum Gasteiger partial charge on any atom is 0.416 e. The van der Waals surface area contributed by atoms with Crippen molar-refractivity contribution < 1.29 is 41.9 Å². The summed E-state index contributed by atoms with van der Waals surface area (Å²) in [5.41, 5.74) is 0.198. The van der Waals surface area contributed by atoms with Gasteiger partial charge in [0, 0.05) is 16.3 Å². The van der Waals surface area contributed by atoms with Crippen LogP contribution in [0.15, 0.2) is 90.8 Å². The fraction of sp³-hybridized carbons (Fsp3) is 0.107. The molecule has 0 spiro atoms. The fourth-order valence-electron chi connectivity index (χ4n) is 4.05. The number of alkyl halides is 3. The third kappa shape index (κ3) is 4.88. The van der Waals surface area contributed by atoms with Crippen LogP contribution in [0, 0.1) is 0 Å². The second kappa shape index (κ2) is 10.1. The van der Waals surface area contributed by atoms with Crippen LogP contribution < -0.4 is 9.67 Å². The monoisotopic (exact) mass is 507 g/mol. The third-order valence-corrected chi connectivity index (χ3v) is 5.73. The van der Waals surface area contributed by atoms with Crippen LogP contribution in [0.2, 0.25) is 0 Å². The number of carbonyl (C=O) groups excluding carboxylic acids is 2. The van der Waals surface area contributed by atoms with Crippen LogP contribution in [0.3, 0.4) is 0 Å². The van der Waals surface area contributed by atoms with Gasteiger partial charge in [-0.2, -0.15) is 17.7 Å². The van der Waals surface area contributed by atoms with Gasteiger partial charge in [-0.1, -0.05) is 48.5 Å². The lowest BCUT2D eigenvalue weighted by Crippen LogP contribution is -2.43. The first-order chi connectivity index (χ1) is 17.7. The Balaban J connectivity index is 2.19. The largest absolute Gasteiger partial charge is 0.863 e. The smallest absolute Gasteiger partial charge is 0.416 e. The van der Waals surface area contributed by atoms with Gasteiger partial charge in [0.25, 0.3) is 5.70 Å². The molecule has 0 unspecified atom stereocenters. The Morgan fingerprint density at radius 2 is 1.38 bits per heavy atom. The summed E-state index contributed by atoms with van der Waals surface area (Å²) in [6.45, 7) is 0. The second-order valence-corrected chi connectivity index (χ2v) is 7.91. The number of fused-ring (bicyclic) bond motifs is 1. The van der Waals surface area contributed by atoms with E-state index in [9.17, 15) is 27.9 Å². The number of pyridine rings is 1. The van der Waals surface area contributed by atoms with E-state index in [1.807, 2.05) is 0 Å². The number of halogens is 3. The predicted molar refractivity (Wildman–Crippen MR) is 127 cm³/mol. The van der Waals surface area contributed by atoms with Crippen molar-refractivity contribution >= 4 is 28.4 Å². The first-order valence-electron chi connectivity index (χ1n) is 11.0. The van der Waals surface area contributed by atoms with Crippen molar-refractivity contribution in [2.24, 2.45) is 0 Å². The van der Waals surface area contributed by atoms with Gasteiger partial charge in [0.2, 0.25) is 5.69 Å². The predicted octanol–water partition coefficient (Wildman–Crippen LogP) is 4.36. The minimum Gasteiger partial charge on any atom is -0.863 e. The summed E-state index contributed by atoms with van der Waals surface area (Å²) in [5.74, 6) is -3.62. The molecule has 0 N–H and O–H groups in total. The molecule has 0 radical (unpaired) electrons. The van der Waals surface area contributed by atoms with Gasteiger partial charge in [-0.25, -0.2) is 9.59 Å². The molecule has 6 nitrogen and oxygen atoms in total. The van der Waals surface area contributed by atoms with E-state index < -0.39 is 35.1 Å². The molecule has 0 aliphatic heterocycles. The number of benzene rings is 3. The summed E-state index contributed by atoms with van der Waals surface area (Å²) in [6, 6.07) is 20.2. The van der Waals surface area contributed by atoms with E-state index in [4.69, 9.17) is 4.74 Å². The second-order valence-electron chi connectivity index (χ2n) is 7.91. The van der Waals surface area contributed by atoms with Crippen LogP contribution in [0.1, 0.15) is 5.56 Å². The molecule has 0 bridgehead atoms. The number of hydrogen-bond acceptors (Lipinski definition) is 5. The van der Waals surface area contributed by atoms with Crippen molar-refractivity contribution in [2.45, 2.75) is 6.18 Å². The molecule has 4 aromatic rings. The van der Waals surface area contributed by atoms with Crippen molar-refractivity contribution in [1.82, 2.24) is 0 Å². The first kappa shape index (κ1) is 25.4. The summed E-state index contributed by atoms with van der Waals surface area (Å²) in [6.07, 6.45) is -3.03. The Morgan fingerprint density at radius 3 is 1.97 bits per heavy atom. The Labute approximate surface area is 209 Å². The Kier molecular flexibility index (Phi) is 6.97. The Morgan fingerprint density at radius 1 is 0.784 bits per heavy atom. The molecule has 0 atom stereocenters. The molecular formula is C28H20F3NO5. The van der Waals surface area contributed by atoms with Gasteiger partial charge in [0.05, 0.1) is 31.1 Å². The summed E-state index contributed by atoms with van der Waals surface area (Å²) in [5, 5.41) is 14.2. The standard InChI is InChI=1S/C28H20F3NO5/c1-36-26(34)24(25(33)27(35)37-2)32-16-19-10-6-7-11-21(19)22(23(32)18-8-4-3-5-9-18)17-12-14-20(15-13-17)28(29,30)31/h3-16H,1-2H3. The highest BCUT2D eigenvalue weighted by molar-refractivity contribution is 6.13. The molecule has 4 rings (SSSR count). The lowest BCUT2D eigenvalue weighted by atomic mass is 9.92. The molecule has 0 aliphatic rings. The van der Waals surface area contributed by atoms with Gasteiger partial charge >= 0.3 is 18.1 Å². The number of esters is 2. The summed E-state index contributed by atoms with van der Waals surface area (Å²) < 4.78 is 50.5. The highest BCUT2D eigenvalue weighted by Crippen LogP contribution is 2.38. The highest BCUT2D eigenvalue weighted by atomic mass is 19.4. The van der Waals surface area contributed by atoms with Gasteiger partial charge in [0.1, 0.15) is 0 Å². The van der Waals surface area contributed by atoms with Crippen LogP contribution in [0.5, 0.6) is 0 Å². The highest BCUT2D eigenvalue weighted by Gasteiger charge is 2.34. The van der Waals surface area contributed by atoms with E-state index >= 15 is 0 Å². The first-order valence-corrected chi connectivity index (χ1v) is 11.0. The van der Waals surface area contributed by atoms with E-state index in [2.05, 4.69) is 4.74 Å². The average Bonchev–Trinajstić information content (AvgIpc) is 2.91. The molecule has 37 heavy (non-hydrogen) atoms. The van der Waals surface area contributed by atoms with E-state index in [-0.39, 0.29) is 5.69 Å². The molecule has 9 heteroatoms. The third-order valence-electron chi connectivity index (χ3n) is 5.73. The molecule has 0 amide bonds. The van der Waals surface area contributed by atoms with Gasteiger partial charge in [-0.15, -0.1) is 0 Å². The van der Waals surface area contributed by atoms with Crippen LogP contribution >= 0.6 is 0 Å². The van der Waals surface area contributed by atoms with Crippen LogP contribution in [-0.2, 0) is 25.2 Å². The normalized spacial score (nSPS) is 12.1. The fourth-order valence-corrected chi connectivity index (χ4v) is 4.05. The SMILES string of the molecule is COC(=O)/C([O-])=C(\C(=O)OC)[n+]1cc2ccccc2c(-c2ccc(C(F)(F)F)cc2)c1-c1ccccc1. The lowest BCUT2D eigenvalue weighted by Gasteiger charge is -2.17. The maximum atomic E-state index is 13.3. The molecule has 0 fully saturated rings. The van der Waals surface area contributed by atoms with Gasteiger partial charge < -0.3 is 14.6 Å². The number of rotatable bonds is 5. The zero-order valence-electron chi connectivity index (χ0n) is 19.7. The molecule has 3 aromatic carbocycles. The van der Waals surface area contributed by atoms with Gasteiger partial charge in [-0.3, -0.25) is 0 Å². The van der Waals surface area contributed by atoms with Gasteiger partial charge in [-0.05, 0) is 35.9 Å². The Bertz CT molecular complexity index is 1510. The van der Waals surface area contributed by atoms with Crippen molar-refractivity contribution in [3.63, 3.8) is 0 Å². The minimum absolute atomic E-state index is 0.289. The molecule has 0 saturated carbocycles. The quantitative estimate of drug-likeness (QED) is 0.174. The van der Waals surface area contributed by atoms with Crippen LogP contribution in [0.25, 0.3) is 38.9 Å². The van der Waals surface area contributed by atoms with Crippen molar-refractivity contribution in [1.29, 1.82) is 0 Å². The summed E-state index contributed by atoms with van der Waals surface area (Å²) in [4.78, 5) is 25.1. The number of aromatic nitrogens is 1. The van der Waals surface area contributed by atoms with E-state index in [1.165, 1.54) is 22.9 Å². The molecule has 0 aliphatic carbocycles. The van der Waals surface area contributed by atoms with Crippen molar-refractivity contribution in [2.75, 3.05) is 14.2 Å². The average molecular weight is 507 g/mol. The number of methoxy groups -OCH3 is 2. The lowest BCUT2D eigenvalue weighted by molar-refractivity contribution is -0.569. The number of hydrogen-bond donors (Lipinski definition) is 0. The molecular weight excluding hydrogens is 487 g/mol. The zero-order valence-corrected chi connectivity index (χ0v) is 19.7. The number of carbonyl (C=O) groups is 2. The van der Waals surface area contributed by atoms with Crippen molar-refractivity contribution in [3.05, 3.63) is 96.4 Å². The maximum absolute atomic E-state index is 13.3. The summed E-state index contributed by atoms with van der Waals surface area (Å²) in [7, 11) is 2.07. The van der Waals surface area contributed by atoms with E-state index in [0.717, 1.165) is 26.4 Å². The molecule has 0 saturated heterocycles. The van der Waals surface area contributed by atoms with Crippen LogP contribution in [-0.4, -0.2) is 26.2 Å². The van der Waals surface area contributed by atoms with Gasteiger partial charge in [0.15, 0.2) is 6.20 Å². The van der Waals surface area contributed by atoms with Crippen molar-refractivity contribution in [3.8, 4) is 22.4 Å². The molecule has 188 valence electrons. The summed E-state index contributed by atoms with van der Waals surface area (Å²) >= 11 is 0. The number of nitrogens with zero attached hydrogens (tertiary/aromatic N) is 1. The Hall–Kier alpha value is -4.66. The van der Waals surface area contributed by atoms with E-state index in [0.29, 0.717) is 27.5 Å². The van der Waals surface area contributed by atoms with E-state index in [1.54, 1.807) is 54.6 Å².